The first-order valence-electron chi connectivity index (χ1n) is 5.79. The highest BCUT2D eigenvalue weighted by Gasteiger charge is 2.11. The molecule has 0 unspecified atom stereocenters. The Balaban J connectivity index is 1.71. The third-order valence-corrected chi connectivity index (χ3v) is 3.52. The van der Waals surface area contributed by atoms with Crippen LogP contribution in [-0.4, -0.2) is 70.3 Å². The summed E-state index contributed by atoms with van der Waals surface area (Å²) in [5.74, 6) is 0.991. The Morgan fingerprint density at radius 2 is 2.12 bits per heavy atom. The van der Waals surface area contributed by atoms with Gasteiger partial charge >= 0.3 is 0 Å². The van der Waals surface area contributed by atoms with Gasteiger partial charge in [0.25, 0.3) is 0 Å². The summed E-state index contributed by atoms with van der Waals surface area (Å²) < 4.78 is 7.06. The van der Waals surface area contributed by atoms with Gasteiger partial charge in [-0.2, -0.15) is 0 Å². The molecule has 2 heterocycles. The Kier molecular flexibility index (Phi) is 5.17. The zero-order valence-electron chi connectivity index (χ0n) is 9.79. The first-order valence-corrected chi connectivity index (χ1v) is 6.78. The molecule has 0 amide bonds. The minimum Gasteiger partial charge on any atom is -0.379 e. The van der Waals surface area contributed by atoms with Gasteiger partial charge in [-0.1, -0.05) is 11.8 Å². The summed E-state index contributed by atoms with van der Waals surface area (Å²) in [6, 6.07) is 0. The van der Waals surface area contributed by atoms with Crippen LogP contribution in [0.4, 0.5) is 0 Å². The Labute approximate surface area is 105 Å². The predicted octanol–water partition coefficient (Wildman–Crippen LogP) is -0.944. The van der Waals surface area contributed by atoms with Crippen LogP contribution < -0.4 is 5.73 Å². The van der Waals surface area contributed by atoms with Crippen LogP contribution in [0.5, 0.6) is 0 Å². The maximum Gasteiger partial charge on any atom is 0.209 e. The van der Waals surface area contributed by atoms with Gasteiger partial charge in [-0.25, -0.2) is 4.68 Å². The molecule has 0 spiro atoms. The quantitative estimate of drug-likeness (QED) is 0.659. The van der Waals surface area contributed by atoms with Gasteiger partial charge in [0.05, 0.1) is 19.8 Å². The topological polar surface area (TPSA) is 82.1 Å². The molecule has 0 bridgehead atoms. The van der Waals surface area contributed by atoms with E-state index >= 15 is 0 Å². The van der Waals surface area contributed by atoms with Crippen molar-refractivity contribution in [2.24, 2.45) is 5.73 Å². The Hall–Kier alpha value is -0.700. The average molecular weight is 258 g/mol. The molecule has 2 rings (SSSR count). The van der Waals surface area contributed by atoms with Gasteiger partial charge in [0, 0.05) is 31.9 Å². The summed E-state index contributed by atoms with van der Waals surface area (Å²) >= 11 is 1.68. The predicted molar refractivity (Wildman–Crippen MR) is 64.9 cm³/mol. The maximum absolute atomic E-state index is 5.49. The molecule has 1 aliphatic rings. The molecular formula is C9H18N6OS. The van der Waals surface area contributed by atoms with Gasteiger partial charge in [0.1, 0.15) is 0 Å². The van der Waals surface area contributed by atoms with Gasteiger partial charge in [-0.15, -0.1) is 5.10 Å². The number of nitrogens with zero attached hydrogens (tertiary/aromatic N) is 5. The zero-order chi connectivity index (χ0) is 11.9. The van der Waals surface area contributed by atoms with Crippen LogP contribution in [0.1, 0.15) is 0 Å². The largest absolute Gasteiger partial charge is 0.379 e. The SMILES string of the molecule is NCCn1nnnc1SCCN1CCOCC1. The monoisotopic (exact) mass is 258 g/mol. The van der Waals surface area contributed by atoms with Crippen molar-refractivity contribution >= 4 is 11.8 Å². The third kappa shape index (κ3) is 3.91. The van der Waals surface area contributed by atoms with Crippen LogP contribution in [0.2, 0.25) is 0 Å². The van der Waals surface area contributed by atoms with Gasteiger partial charge in [0.2, 0.25) is 5.16 Å². The highest BCUT2D eigenvalue weighted by Crippen LogP contribution is 2.13. The van der Waals surface area contributed by atoms with E-state index < -0.39 is 0 Å². The first-order chi connectivity index (χ1) is 8.40. The van der Waals surface area contributed by atoms with Crippen LogP contribution in [0, 0.1) is 0 Å². The van der Waals surface area contributed by atoms with Gasteiger partial charge < -0.3 is 10.5 Å². The second-order valence-corrected chi connectivity index (χ2v) is 4.84. The van der Waals surface area contributed by atoms with E-state index in [9.17, 15) is 0 Å². The molecule has 0 aromatic carbocycles. The number of morpholine rings is 1. The van der Waals surface area contributed by atoms with Gasteiger partial charge in [-0.3, -0.25) is 4.90 Å². The molecule has 7 nitrogen and oxygen atoms in total. The smallest absolute Gasteiger partial charge is 0.209 e. The number of rotatable bonds is 6. The van der Waals surface area contributed by atoms with E-state index in [2.05, 4.69) is 20.4 Å². The van der Waals surface area contributed by atoms with E-state index in [4.69, 9.17) is 10.5 Å². The second-order valence-electron chi connectivity index (χ2n) is 3.78. The molecule has 1 aliphatic heterocycles. The number of tetrazole rings is 1. The Morgan fingerprint density at radius 1 is 1.29 bits per heavy atom. The number of thioether (sulfide) groups is 1. The lowest BCUT2D eigenvalue weighted by Crippen LogP contribution is -2.37. The minimum absolute atomic E-state index is 0.558. The van der Waals surface area contributed by atoms with Crippen molar-refractivity contribution in [1.29, 1.82) is 0 Å². The van der Waals surface area contributed by atoms with Crippen molar-refractivity contribution < 1.29 is 4.74 Å². The fourth-order valence-electron chi connectivity index (χ4n) is 1.65. The Bertz CT molecular complexity index is 327. The molecule has 1 saturated heterocycles. The van der Waals surface area contributed by atoms with Crippen LogP contribution in [0.3, 0.4) is 0 Å². The molecule has 96 valence electrons. The lowest BCUT2D eigenvalue weighted by atomic mass is 10.4. The number of hydrogen-bond acceptors (Lipinski definition) is 7. The standard InChI is InChI=1S/C9H18N6OS/c10-1-2-15-9(11-12-13-15)17-8-5-14-3-6-16-7-4-14/h1-8,10H2. The lowest BCUT2D eigenvalue weighted by molar-refractivity contribution is 0.0410. The molecule has 1 aromatic rings. The molecule has 0 radical (unpaired) electrons. The van der Waals surface area contributed by atoms with E-state index in [0.29, 0.717) is 13.1 Å². The molecule has 8 heteroatoms. The van der Waals surface area contributed by atoms with Crippen molar-refractivity contribution in [3.8, 4) is 0 Å². The number of aromatic nitrogens is 4. The van der Waals surface area contributed by atoms with Crippen molar-refractivity contribution in [3.63, 3.8) is 0 Å². The summed E-state index contributed by atoms with van der Waals surface area (Å²) in [6.07, 6.45) is 0. The normalized spacial score (nSPS) is 17.5. The number of hydrogen-bond donors (Lipinski definition) is 1. The van der Waals surface area contributed by atoms with Crippen molar-refractivity contribution in [3.05, 3.63) is 0 Å². The molecule has 1 fully saturated rings. The summed E-state index contributed by atoms with van der Waals surface area (Å²) in [7, 11) is 0. The van der Waals surface area contributed by atoms with E-state index in [1.807, 2.05) is 0 Å². The number of ether oxygens (including phenoxy) is 1. The molecule has 1 aromatic heterocycles. The molecule has 17 heavy (non-hydrogen) atoms. The maximum atomic E-state index is 5.49. The Morgan fingerprint density at radius 3 is 2.88 bits per heavy atom. The summed E-state index contributed by atoms with van der Waals surface area (Å²) in [4.78, 5) is 2.40. The minimum atomic E-state index is 0.558. The summed E-state index contributed by atoms with van der Waals surface area (Å²) in [5, 5.41) is 12.4. The third-order valence-electron chi connectivity index (χ3n) is 2.58. The van der Waals surface area contributed by atoms with Gasteiger partial charge in [0.15, 0.2) is 0 Å². The van der Waals surface area contributed by atoms with E-state index in [-0.39, 0.29) is 0 Å². The fraction of sp³-hybridized carbons (Fsp3) is 0.889. The van der Waals surface area contributed by atoms with Crippen LogP contribution in [0.25, 0.3) is 0 Å². The van der Waals surface area contributed by atoms with Crippen molar-refractivity contribution in [2.45, 2.75) is 11.7 Å². The lowest BCUT2D eigenvalue weighted by Gasteiger charge is -2.26. The van der Waals surface area contributed by atoms with E-state index in [1.54, 1.807) is 16.4 Å². The van der Waals surface area contributed by atoms with E-state index in [0.717, 1.165) is 43.8 Å². The van der Waals surface area contributed by atoms with Crippen molar-refractivity contribution in [2.75, 3.05) is 45.1 Å². The second kappa shape index (κ2) is 6.90. The van der Waals surface area contributed by atoms with Crippen LogP contribution in [-0.2, 0) is 11.3 Å². The molecular weight excluding hydrogens is 240 g/mol. The van der Waals surface area contributed by atoms with Crippen LogP contribution in [0.15, 0.2) is 5.16 Å². The van der Waals surface area contributed by atoms with E-state index in [1.165, 1.54) is 0 Å². The van der Waals surface area contributed by atoms with Crippen LogP contribution >= 0.6 is 11.8 Å². The first kappa shape index (κ1) is 12.7. The zero-order valence-corrected chi connectivity index (χ0v) is 10.6. The van der Waals surface area contributed by atoms with Crippen molar-refractivity contribution in [1.82, 2.24) is 25.1 Å². The average Bonchev–Trinajstić information content (AvgIpc) is 2.79. The molecule has 2 N–H and O–H groups in total. The summed E-state index contributed by atoms with van der Waals surface area (Å²) in [6.45, 7) is 6.01. The van der Waals surface area contributed by atoms with Gasteiger partial charge in [-0.05, 0) is 10.4 Å². The highest BCUT2D eigenvalue weighted by atomic mass is 32.2. The molecule has 0 atom stereocenters. The number of nitrogens with two attached hydrogens (primary N) is 1. The summed E-state index contributed by atoms with van der Waals surface area (Å²) in [5.41, 5.74) is 5.49. The molecule has 0 aliphatic carbocycles. The molecule has 0 saturated carbocycles. The highest BCUT2D eigenvalue weighted by molar-refractivity contribution is 7.99. The fourth-order valence-corrected chi connectivity index (χ4v) is 2.56.